The van der Waals surface area contributed by atoms with Crippen molar-refractivity contribution in [2.45, 2.75) is 51.5 Å². The number of fused-ring (bicyclic) bond motifs is 1. The third-order valence-electron chi connectivity index (χ3n) is 4.11. The van der Waals surface area contributed by atoms with Gasteiger partial charge in [0.1, 0.15) is 4.83 Å². The summed E-state index contributed by atoms with van der Waals surface area (Å²) < 4.78 is 1.86. The molecule has 4 nitrogen and oxygen atoms in total. The quantitative estimate of drug-likeness (QED) is 0.862. The minimum atomic E-state index is 0.0810. The number of aryl methyl sites for hydroxylation is 2. The van der Waals surface area contributed by atoms with Crippen molar-refractivity contribution in [3.63, 3.8) is 0 Å². The fourth-order valence-corrected chi connectivity index (χ4v) is 4.02. The van der Waals surface area contributed by atoms with Crippen LogP contribution in [0.5, 0.6) is 0 Å². The number of nitrogens with zero attached hydrogens (tertiary/aromatic N) is 2. The first kappa shape index (κ1) is 13.6. The summed E-state index contributed by atoms with van der Waals surface area (Å²) in [6, 6.07) is 2.34. The minimum absolute atomic E-state index is 0.0810. The molecule has 1 amide bonds. The Labute approximate surface area is 123 Å². The molecule has 3 rings (SSSR count). The molecule has 0 aromatic carbocycles. The van der Waals surface area contributed by atoms with Crippen LogP contribution in [0, 0.1) is 6.92 Å². The van der Waals surface area contributed by atoms with Crippen molar-refractivity contribution >= 4 is 27.5 Å². The number of carbonyl (C=O) groups excluding carboxylic acids is 1. The van der Waals surface area contributed by atoms with Crippen LogP contribution in [0.4, 0.5) is 0 Å². The average Bonchev–Trinajstić information content (AvgIpc) is 2.85. The summed E-state index contributed by atoms with van der Waals surface area (Å²) in [5.74, 6) is 0.0810. The molecule has 0 atom stereocenters. The number of aromatic nitrogens is 2. The second kappa shape index (κ2) is 5.56. The third kappa shape index (κ3) is 2.59. The molecule has 0 spiro atoms. The highest BCUT2D eigenvalue weighted by Gasteiger charge is 2.19. The standard InChI is InChI=1S/C15H21N3OS/c1-10-12-9-13(20-15(12)18(2)17-10)14(19)16-11-7-5-3-4-6-8-11/h9,11H,3-8H2,1-2H3,(H,16,19). The van der Waals surface area contributed by atoms with Gasteiger partial charge in [0.2, 0.25) is 0 Å². The molecule has 2 aromatic rings. The van der Waals surface area contributed by atoms with Crippen molar-refractivity contribution in [2.24, 2.45) is 7.05 Å². The van der Waals surface area contributed by atoms with E-state index in [2.05, 4.69) is 10.4 Å². The Balaban J connectivity index is 1.76. The molecule has 0 saturated heterocycles. The maximum Gasteiger partial charge on any atom is 0.261 e. The fraction of sp³-hybridized carbons (Fsp3) is 0.600. The Morgan fingerprint density at radius 2 is 2.05 bits per heavy atom. The van der Waals surface area contributed by atoms with Crippen LogP contribution in [0.25, 0.3) is 10.2 Å². The fourth-order valence-electron chi connectivity index (χ4n) is 3.00. The molecule has 1 N–H and O–H groups in total. The maximum absolute atomic E-state index is 12.4. The van der Waals surface area contributed by atoms with E-state index >= 15 is 0 Å². The molecule has 108 valence electrons. The van der Waals surface area contributed by atoms with E-state index in [1.165, 1.54) is 37.0 Å². The van der Waals surface area contributed by atoms with Crippen molar-refractivity contribution in [1.29, 1.82) is 0 Å². The zero-order chi connectivity index (χ0) is 14.1. The second-order valence-electron chi connectivity index (χ2n) is 5.70. The summed E-state index contributed by atoms with van der Waals surface area (Å²) in [6.45, 7) is 1.99. The van der Waals surface area contributed by atoms with Crippen LogP contribution < -0.4 is 5.32 Å². The van der Waals surface area contributed by atoms with Gasteiger partial charge in [-0.15, -0.1) is 11.3 Å². The van der Waals surface area contributed by atoms with Crippen LogP contribution in [-0.2, 0) is 7.05 Å². The lowest BCUT2D eigenvalue weighted by Crippen LogP contribution is -2.33. The predicted octanol–water partition coefficient (Wildman–Crippen LogP) is 3.40. The number of carbonyl (C=O) groups is 1. The molecule has 2 heterocycles. The molecule has 0 unspecified atom stereocenters. The van der Waals surface area contributed by atoms with E-state index in [0.717, 1.165) is 33.6 Å². The van der Waals surface area contributed by atoms with Crippen molar-refractivity contribution < 1.29 is 4.79 Å². The van der Waals surface area contributed by atoms with Crippen molar-refractivity contribution in [2.75, 3.05) is 0 Å². The van der Waals surface area contributed by atoms with Gasteiger partial charge in [-0.05, 0) is 25.8 Å². The summed E-state index contributed by atoms with van der Waals surface area (Å²) in [7, 11) is 1.93. The van der Waals surface area contributed by atoms with Gasteiger partial charge in [-0.2, -0.15) is 5.10 Å². The molecule has 0 radical (unpaired) electrons. The number of amides is 1. The predicted molar refractivity (Wildman–Crippen MR) is 82.3 cm³/mol. The molecule has 0 aliphatic heterocycles. The first-order valence-corrected chi connectivity index (χ1v) is 8.21. The summed E-state index contributed by atoms with van der Waals surface area (Å²) in [4.78, 5) is 14.3. The lowest BCUT2D eigenvalue weighted by molar-refractivity contribution is 0.0937. The number of hydrogen-bond donors (Lipinski definition) is 1. The normalized spacial score (nSPS) is 17.3. The second-order valence-corrected chi connectivity index (χ2v) is 6.73. The van der Waals surface area contributed by atoms with Crippen LogP contribution >= 0.6 is 11.3 Å². The third-order valence-corrected chi connectivity index (χ3v) is 5.31. The molecule has 0 bridgehead atoms. The lowest BCUT2D eigenvalue weighted by atomic mass is 10.1. The topological polar surface area (TPSA) is 46.9 Å². The van der Waals surface area contributed by atoms with E-state index in [9.17, 15) is 4.79 Å². The van der Waals surface area contributed by atoms with Gasteiger partial charge in [-0.1, -0.05) is 25.7 Å². The number of hydrogen-bond acceptors (Lipinski definition) is 3. The van der Waals surface area contributed by atoms with E-state index in [4.69, 9.17) is 0 Å². The van der Waals surface area contributed by atoms with Gasteiger partial charge in [0.05, 0.1) is 10.6 Å². The van der Waals surface area contributed by atoms with E-state index in [1.54, 1.807) is 0 Å². The van der Waals surface area contributed by atoms with Gasteiger partial charge in [0.25, 0.3) is 5.91 Å². The zero-order valence-electron chi connectivity index (χ0n) is 12.1. The zero-order valence-corrected chi connectivity index (χ0v) is 12.9. The summed E-state index contributed by atoms with van der Waals surface area (Å²) in [6.07, 6.45) is 7.33. The number of nitrogens with one attached hydrogen (secondary N) is 1. The lowest BCUT2D eigenvalue weighted by Gasteiger charge is -2.15. The van der Waals surface area contributed by atoms with Gasteiger partial charge in [-0.25, -0.2) is 0 Å². The van der Waals surface area contributed by atoms with E-state index < -0.39 is 0 Å². The molecule has 1 aliphatic rings. The molecule has 1 aliphatic carbocycles. The summed E-state index contributed by atoms with van der Waals surface area (Å²) in [5.41, 5.74) is 0.993. The Kier molecular flexibility index (Phi) is 3.78. The molecule has 1 fully saturated rings. The van der Waals surface area contributed by atoms with Gasteiger partial charge in [-0.3, -0.25) is 9.48 Å². The smallest absolute Gasteiger partial charge is 0.261 e. The highest BCUT2D eigenvalue weighted by molar-refractivity contribution is 7.20. The van der Waals surface area contributed by atoms with Gasteiger partial charge < -0.3 is 5.32 Å². The van der Waals surface area contributed by atoms with Gasteiger partial charge >= 0.3 is 0 Å². The van der Waals surface area contributed by atoms with Crippen LogP contribution in [0.1, 0.15) is 53.9 Å². The van der Waals surface area contributed by atoms with E-state index in [-0.39, 0.29) is 5.91 Å². The molecular formula is C15H21N3OS. The van der Waals surface area contributed by atoms with E-state index in [0.29, 0.717) is 6.04 Å². The van der Waals surface area contributed by atoms with Crippen molar-refractivity contribution in [3.8, 4) is 0 Å². The van der Waals surface area contributed by atoms with Crippen LogP contribution in [-0.4, -0.2) is 21.7 Å². The largest absolute Gasteiger partial charge is 0.349 e. The molecule has 2 aromatic heterocycles. The van der Waals surface area contributed by atoms with Gasteiger partial charge in [0, 0.05) is 18.5 Å². The first-order valence-electron chi connectivity index (χ1n) is 7.39. The van der Waals surface area contributed by atoms with Gasteiger partial charge in [0.15, 0.2) is 0 Å². The van der Waals surface area contributed by atoms with E-state index in [1.807, 2.05) is 24.7 Å². The van der Waals surface area contributed by atoms with Crippen LogP contribution in [0.15, 0.2) is 6.07 Å². The molecular weight excluding hydrogens is 270 g/mol. The highest BCUT2D eigenvalue weighted by Crippen LogP contribution is 2.28. The Morgan fingerprint density at radius 1 is 1.35 bits per heavy atom. The minimum Gasteiger partial charge on any atom is -0.349 e. The number of rotatable bonds is 2. The highest BCUT2D eigenvalue weighted by atomic mass is 32.1. The Bertz CT molecular complexity index is 586. The Morgan fingerprint density at radius 3 is 2.70 bits per heavy atom. The monoisotopic (exact) mass is 291 g/mol. The summed E-state index contributed by atoms with van der Waals surface area (Å²) in [5, 5.41) is 8.68. The summed E-state index contributed by atoms with van der Waals surface area (Å²) >= 11 is 1.54. The SMILES string of the molecule is Cc1nn(C)c2sc(C(=O)NC3CCCCCC3)cc12. The average molecular weight is 291 g/mol. The van der Waals surface area contributed by atoms with Crippen molar-refractivity contribution in [1.82, 2.24) is 15.1 Å². The van der Waals surface area contributed by atoms with Crippen LogP contribution in [0.3, 0.4) is 0 Å². The first-order chi connectivity index (χ1) is 9.65. The number of thiophene rings is 1. The molecule has 5 heteroatoms. The maximum atomic E-state index is 12.4. The van der Waals surface area contributed by atoms with Crippen LogP contribution in [0.2, 0.25) is 0 Å². The molecule has 1 saturated carbocycles. The van der Waals surface area contributed by atoms with Crippen molar-refractivity contribution in [3.05, 3.63) is 16.6 Å². The molecule has 20 heavy (non-hydrogen) atoms. The Hall–Kier alpha value is -1.36.